The van der Waals surface area contributed by atoms with Gasteiger partial charge < -0.3 is 13.6 Å². The molecule has 5 nitrogen and oxygen atoms in total. The van der Waals surface area contributed by atoms with Gasteiger partial charge >= 0.3 is 5.97 Å². The van der Waals surface area contributed by atoms with Gasteiger partial charge in [0, 0.05) is 12.0 Å². The predicted molar refractivity (Wildman–Crippen MR) is 125 cm³/mol. The SMILES string of the molecule is COc1ccc2c(c1)C(C#N)C(C)C2=CC(=O)OCCCC[Si](C)(C)O[Si](C)(C)C. The summed E-state index contributed by atoms with van der Waals surface area (Å²) in [7, 11) is -1.55. The second-order valence-electron chi connectivity index (χ2n) is 9.55. The van der Waals surface area contributed by atoms with Crippen molar-refractivity contribution >= 4 is 28.2 Å². The van der Waals surface area contributed by atoms with E-state index in [2.05, 4.69) is 38.8 Å². The molecule has 164 valence electrons. The second kappa shape index (κ2) is 9.95. The van der Waals surface area contributed by atoms with Crippen molar-refractivity contribution in [1.29, 1.82) is 5.26 Å². The van der Waals surface area contributed by atoms with Crippen LogP contribution < -0.4 is 4.74 Å². The van der Waals surface area contributed by atoms with E-state index in [0.717, 1.165) is 41.3 Å². The van der Waals surface area contributed by atoms with E-state index in [1.165, 1.54) is 0 Å². The van der Waals surface area contributed by atoms with Crippen LogP contribution in [-0.2, 0) is 13.6 Å². The first-order valence-corrected chi connectivity index (χ1v) is 17.2. The normalized spacial score (nSPS) is 20.0. The number of nitriles is 1. The van der Waals surface area contributed by atoms with Gasteiger partial charge in [-0.05, 0) is 74.0 Å². The topological polar surface area (TPSA) is 68.5 Å². The number of hydrogen-bond acceptors (Lipinski definition) is 5. The highest BCUT2D eigenvalue weighted by Gasteiger charge is 2.34. The summed E-state index contributed by atoms with van der Waals surface area (Å²) in [6.07, 6.45) is 3.40. The number of esters is 1. The summed E-state index contributed by atoms with van der Waals surface area (Å²) < 4.78 is 17.1. The molecule has 7 heteroatoms. The summed E-state index contributed by atoms with van der Waals surface area (Å²) in [5.41, 5.74) is 2.71. The van der Waals surface area contributed by atoms with Crippen LogP contribution in [0.3, 0.4) is 0 Å². The van der Waals surface area contributed by atoms with Gasteiger partial charge in [0.05, 0.1) is 25.7 Å². The maximum absolute atomic E-state index is 12.4. The lowest BCUT2D eigenvalue weighted by atomic mass is 9.93. The van der Waals surface area contributed by atoms with Crippen LogP contribution in [0.2, 0.25) is 38.8 Å². The van der Waals surface area contributed by atoms with E-state index in [0.29, 0.717) is 6.61 Å². The molecule has 0 bridgehead atoms. The van der Waals surface area contributed by atoms with Crippen LogP contribution >= 0.6 is 0 Å². The molecule has 2 rings (SSSR count). The number of unbranched alkanes of at least 4 members (excludes halogenated alkanes) is 1. The molecule has 0 fully saturated rings. The van der Waals surface area contributed by atoms with Crippen LogP contribution in [0.1, 0.15) is 36.8 Å². The van der Waals surface area contributed by atoms with Crippen LogP contribution in [0.5, 0.6) is 5.75 Å². The Balaban J connectivity index is 1.92. The van der Waals surface area contributed by atoms with Crippen LogP contribution in [0, 0.1) is 17.2 Å². The Labute approximate surface area is 183 Å². The van der Waals surface area contributed by atoms with E-state index < -0.39 is 16.6 Å². The smallest absolute Gasteiger partial charge is 0.331 e. The molecule has 0 heterocycles. The zero-order valence-electron chi connectivity index (χ0n) is 19.4. The van der Waals surface area contributed by atoms with Gasteiger partial charge in [-0.15, -0.1) is 0 Å². The minimum Gasteiger partial charge on any atom is -0.497 e. The number of allylic oxidation sites excluding steroid dienone is 1. The molecule has 0 saturated carbocycles. The van der Waals surface area contributed by atoms with E-state index in [9.17, 15) is 10.1 Å². The fourth-order valence-electron chi connectivity index (χ4n) is 4.15. The average Bonchev–Trinajstić information content (AvgIpc) is 2.89. The van der Waals surface area contributed by atoms with Crippen LogP contribution in [0.4, 0.5) is 0 Å². The van der Waals surface area contributed by atoms with E-state index in [4.69, 9.17) is 13.6 Å². The van der Waals surface area contributed by atoms with Crippen LogP contribution in [0.25, 0.3) is 5.57 Å². The van der Waals surface area contributed by atoms with Gasteiger partial charge in [0.1, 0.15) is 5.75 Å². The largest absolute Gasteiger partial charge is 0.497 e. The molecule has 0 N–H and O–H groups in total. The van der Waals surface area contributed by atoms with E-state index in [-0.39, 0.29) is 17.8 Å². The first kappa shape index (κ1) is 24.4. The number of carbonyl (C=O) groups is 1. The number of benzene rings is 1. The lowest BCUT2D eigenvalue weighted by Gasteiger charge is -2.31. The third kappa shape index (κ3) is 6.56. The molecule has 2 atom stereocenters. The van der Waals surface area contributed by atoms with Gasteiger partial charge in [0.25, 0.3) is 0 Å². The molecule has 1 aliphatic rings. The molecule has 1 aliphatic carbocycles. The monoisotopic (exact) mass is 445 g/mol. The number of carbonyl (C=O) groups excluding carboxylic acids is 1. The van der Waals surface area contributed by atoms with Gasteiger partial charge in [0.15, 0.2) is 16.6 Å². The molecule has 0 aliphatic heterocycles. The minimum atomic E-state index is -1.65. The molecule has 0 amide bonds. The van der Waals surface area contributed by atoms with Crippen molar-refractivity contribution in [2.24, 2.45) is 5.92 Å². The minimum absolute atomic E-state index is 0.0600. The van der Waals surface area contributed by atoms with E-state index in [1.54, 1.807) is 13.2 Å². The van der Waals surface area contributed by atoms with Crippen molar-refractivity contribution in [2.45, 2.75) is 64.5 Å². The zero-order chi connectivity index (χ0) is 22.5. The molecule has 30 heavy (non-hydrogen) atoms. The average molecular weight is 446 g/mol. The summed E-state index contributed by atoms with van der Waals surface area (Å²) >= 11 is 0. The quantitative estimate of drug-likeness (QED) is 0.211. The number of hydrogen-bond donors (Lipinski definition) is 0. The lowest BCUT2D eigenvalue weighted by molar-refractivity contribution is -0.137. The Hall–Kier alpha value is -1.89. The number of ether oxygens (including phenoxy) is 2. The summed E-state index contributed by atoms with van der Waals surface area (Å²) in [6, 6.07) is 9.11. The van der Waals surface area contributed by atoms with Gasteiger partial charge in [-0.2, -0.15) is 5.26 Å². The van der Waals surface area contributed by atoms with Crippen molar-refractivity contribution in [3.63, 3.8) is 0 Å². The summed E-state index contributed by atoms with van der Waals surface area (Å²) in [4.78, 5) is 12.4. The number of methoxy groups -OCH3 is 1. The maximum Gasteiger partial charge on any atom is 0.331 e. The Bertz CT molecular complexity index is 837. The van der Waals surface area contributed by atoms with Crippen molar-refractivity contribution in [1.82, 2.24) is 0 Å². The third-order valence-electron chi connectivity index (χ3n) is 5.31. The second-order valence-corrected chi connectivity index (χ2v) is 18.6. The first-order chi connectivity index (χ1) is 14.0. The standard InChI is InChI=1S/C23H35NO4Si2/c1-17-20(19-11-10-18(26-2)14-21(19)22(17)16-24)15-23(25)27-12-8-9-13-30(6,7)28-29(3,4)5/h10-11,14-15,17,22H,8-9,12-13H2,1-7H3. The molecule has 1 aromatic carbocycles. The Morgan fingerprint density at radius 3 is 2.50 bits per heavy atom. The highest BCUT2D eigenvalue weighted by molar-refractivity contribution is 6.84. The van der Waals surface area contributed by atoms with Gasteiger partial charge in [-0.3, -0.25) is 0 Å². The fraction of sp³-hybridized carbons (Fsp3) is 0.565. The Kier molecular flexibility index (Phi) is 8.08. The molecule has 0 radical (unpaired) electrons. The van der Waals surface area contributed by atoms with Crippen LogP contribution in [0.15, 0.2) is 24.3 Å². The maximum atomic E-state index is 12.4. The molecule has 0 spiro atoms. The molecule has 0 saturated heterocycles. The fourth-order valence-corrected chi connectivity index (χ4v) is 12.3. The zero-order valence-corrected chi connectivity index (χ0v) is 21.4. The Morgan fingerprint density at radius 2 is 1.90 bits per heavy atom. The summed E-state index contributed by atoms with van der Waals surface area (Å²) in [5.74, 6) is 0.0320. The summed E-state index contributed by atoms with van der Waals surface area (Å²) in [5, 5.41) is 9.60. The van der Waals surface area contributed by atoms with Gasteiger partial charge in [-0.25, -0.2) is 4.79 Å². The number of fused-ring (bicyclic) bond motifs is 1. The molecule has 1 aromatic rings. The lowest BCUT2D eigenvalue weighted by Crippen LogP contribution is -2.42. The Morgan fingerprint density at radius 1 is 1.20 bits per heavy atom. The van der Waals surface area contributed by atoms with Crippen molar-refractivity contribution in [3.05, 3.63) is 35.4 Å². The highest BCUT2D eigenvalue weighted by Crippen LogP contribution is 2.46. The number of nitrogens with zero attached hydrogens (tertiary/aromatic N) is 1. The van der Waals surface area contributed by atoms with E-state index in [1.807, 2.05) is 25.1 Å². The van der Waals surface area contributed by atoms with Crippen LogP contribution in [-0.4, -0.2) is 36.3 Å². The molecule has 0 aromatic heterocycles. The van der Waals surface area contributed by atoms with Crippen molar-refractivity contribution < 1.29 is 18.4 Å². The number of rotatable bonds is 9. The molecular weight excluding hydrogens is 410 g/mol. The molecular formula is C23H35NO4Si2. The third-order valence-corrected chi connectivity index (χ3v) is 11.5. The predicted octanol–water partition coefficient (Wildman–Crippen LogP) is 5.72. The summed E-state index contributed by atoms with van der Waals surface area (Å²) in [6.45, 7) is 13.6. The first-order valence-electron chi connectivity index (χ1n) is 10.6. The van der Waals surface area contributed by atoms with Crippen molar-refractivity contribution in [3.8, 4) is 11.8 Å². The van der Waals surface area contributed by atoms with Gasteiger partial charge in [0.2, 0.25) is 0 Å². The van der Waals surface area contributed by atoms with Gasteiger partial charge in [-0.1, -0.05) is 19.4 Å². The van der Waals surface area contributed by atoms with E-state index >= 15 is 0 Å². The van der Waals surface area contributed by atoms with Crippen molar-refractivity contribution in [2.75, 3.05) is 13.7 Å². The highest BCUT2D eigenvalue weighted by atomic mass is 28.4. The molecule has 2 unspecified atom stereocenters.